The Morgan fingerprint density at radius 2 is 2.17 bits per heavy atom. The maximum atomic E-state index is 11.9. The third-order valence-electron chi connectivity index (χ3n) is 2.79. The lowest BCUT2D eigenvalue weighted by Crippen LogP contribution is -2.18. The summed E-state index contributed by atoms with van der Waals surface area (Å²) in [5.41, 5.74) is 0.964. The Morgan fingerprint density at radius 1 is 1.44 bits per heavy atom. The van der Waals surface area contributed by atoms with Crippen LogP contribution in [-0.2, 0) is 7.05 Å². The molecule has 1 aromatic heterocycles. The van der Waals surface area contributed by atoms with Crippen molar-refractivity contribution in [1.29, 1.82) is 0 Å². The number of benzene rings is 1. The Hall–Kier alpha value is -2.30. The first-order valence-electron chi connectivity index (χ1n) is 5.48. The smallest absolute Gasteiger partial charge is 0.297 e. The maximum Gasteiger partial charge on any atom is 0.297 e. The van der Waals surface area contributed by atoms with Gasteiger partial charge in [-0.3, -0.25) is 9.79 Å². The van der Waals surface area contributed by atoms with Crippen molar-refractivity contribution < 1.29 is 9.84 Å². The van der Waals surface area contributed by atoms with E-state index < -0.39 is 0 Å². The minimum atomic E-state index is -0.375. The Balaban J connectivity index is 2.89. The number of fused-ring (bicyclic) bond motifs is 1. The molecule has 0 saturated heterocycles. The van der Waals surface area contributed by atoms with Crippen LogP contribution in [0.15, 0.2) is 28.0 Å². The first kappa shape index (κ1) is 12.2. The molecule has 18 heavy (non-hydrogen) atoms. The molecule has 0 unspecified atom stereocenters. The molecule has 0 saturated carbocycles. The van der Waals surface area contributed by atoms with Crippen LogP contribution in [0, 0.1) is 0 Å². The molecule has 2 aromatic rings. The van der Waals surface area contributed by atoms with Gasteiger partial charge in [0.25, 0.3) is 5.56 Å². The fourth-order valence-electron chi connectivity index (χ4n) is 1.90. The fourth-order valence-corrected chi connectivity index (χ4v) is 1.90. The molecule has 1 N–H and O–H groups in total. The van der Waals surface area contributed by atoms with E-state index in [1.165, 1.54) is 11.7 Å². The minimum Gasteiger partial charge on any atom is -0.504 e. The van der Waals surface area contributed by atoms with Crippen molar-refractivity contribution in [1.82, 2.24) is 4.57 Å². The van der Waals surface area contributed by atoms with Crippen LogP contribution in [0.25, 0.3) is 10.9 Å². The molecule has 5 nitrogen and oxygen atoms in total. The zero-order chi connectivity index (χ0) is 13.3. The molecule has 1 heterocycles. The van der Waals surface area contributed by atoms with E-state index in [-0.39, 0.29) is 17.1 Å². The van der Waals surface area contributed by atoms with Crippen LogP contribution in [-0.4, -0.2) is 23.0 Å². The zero-order valence-corrected chi connectivity index (χ0v) is 10.5. The van der Waals surface area contributed by atoms with Crippen LogP contribution in [0.3, 0.4) is 0 Å². The summed E-state index contributed by atoms with van der Waals surface area (Å²) in [7, 11) is 2.99. The van der Waals surface area contributed by atoms with Crippen LogP contribution >= 0.6 is 0 Å². The highest BCUT2D eigenvalue weighted by Gasteiger charge is 2.14. The van der Waals surface area contributed by atoms with E-state index in [1.54, 1.807) is 31.5 Å². The summed E-state index contributed by atoms with van der Waals surface area (Å²) in [5.74, 6) is -0.181. The molecule has 5 heteroatoms. The van der Waals surface area contributed by atoms with Gasteiger partial charge in [0.2, 0.25) is 5.75 Å². The van der Waals surface area contributed by atoms with Gasteiger partial charge in [-0.05, 0) is 25.1 Å². The van der Waals surface area contributed by atoms with Gasteiger partial charge in [0.15, 0.2) is 5.75 Å². The number of rotatable bonds is 2. The van der Waals surface area contributed by atoms with E-state index in [0.717, 1.165) is 5.69 Å². The number of aliphatic imine (C=N–C) groups is 1. The van der Waals surface area contributed by atoms with Gasteiger partial charge in [0.05, 0.1) is 18.3 Å². The summed E-state index contributed by atoms with van der Waals surface area (Å²) in [6.45, 7) is 1.81. The highest BCUT2D eigenvalue weighted by molar-refractivity contribution is 5.89. The van der Waals surface area contributed by atoms with E-state index in [1.807, 2.05) is 6.92 Å². The van der Waals surface area contributed by atoms with E-state index in [0.29, 0.717) is 10.9 Å². The quantitative estimate of drug-likeness (QED) is 0.824. The number of aromatic nitrogens is 1. The number of pyridine rings is 1. The van der Waals surface area contributed by atoms with Gasteiger partial charge in [0, 0.05) is 18.6 Å². The van der Waals surface area contributed by atoms with E-state index in [4.69, 9.17) is 4.74 Å². The first-order chi connectivity index (χ1) is 8.60. The van der Waals surface area contributed by atoms with Crippen molar-refractivity contribution in [2.45, 2.75) is 6.92 Å². The average molecular weight is 246 g/mol. The number of hydrogen-bond donors (Lipinski definition) is 1. The highest BCUT2D eigenvalue weighted by Crippen LogP contribution is 2.32. The van der Waals surface area contributed by atoms with Crippen molar-refractivity contribution in [3.05, 3.63) is 28.6 Å². The van der Waals surface area contributed by atoms with Gasteiger partial charge >= 0.3 is 0 Å². The van der Waals surface area contributed by atoms with Gasteiger partial charge < -0.3 is 14.4 Å². The minimum absolute atomic E-state index is 0.0447. The second-order valence-corrected chi connectivity index (χ2v) is 3.83. The molecule has 0 aliphatic carbocycles. The highest BCUT2D eigenvalue weighted by atomic mass is 16.5. The van der Waals surface area contributed by atoms with Gasteiger partial charge in [-0.15, -0.1) is 0 Å². The number of ether oxygens (including phenoxy) is 1. The molecule has 1 aromatic carbocycles. The lowest BCUT2D eigenvalue weighted by Gasteiger charge is -2.11. The Kier molecular flexibility index (Phi) is 3.06. The van der Waals surface area contributed by atoms with Crippen molar-refractivity contribution in [3.63, 3.8) is 0 Å². The summed E-state index contributed by atoms with van der Waals surface area (Å²) in [5, 5.41) is 10.6. The molecule has 0 aliphatic heterocycles. The van der Waals surface area contributed by atoms with Crippen LogP contribution in [0.2, 0.25) is 0 Å². The number of aryl methyl sites for hydroxylation is 1. The SMILES string of the molecule is CC=Nc1ccc2c(O)c(OC)c(=O)n(C)c2c1. The lowest BCUT2D eigenvalue weighted by molar-refractivity contribution is 0.368. The fraction of sp³-hybridized carbons (Fsp3) is 0.231. The topological polar surface area (TPSA) is 63.8 Å². The predicted molar refractivity (Wildman–Crippen MR) is 71.2 cm³/mol. The molecular formula is C13H14N2O3. The molecule has 94 valence electrons. The number of aromatic hydroxyl groups is 1. The number of hydrogen-bond acceptors (Lipinski definition) is 4. The van der Waals surface area contributed by atoms with Crippen LogP contribution in [0.4, 0.5) is 5.69 Å². The summed E-state index contributed by atoms with van der Waals surface area (Å²) < 4.78 is 6.36. The monoisotopic (exact) mass is 246 g/mol. The molecule has 0 fully saturated rings. The summed E-state index contributed by atoms with van der Waals surface area (Å²) >= 11 is 0. The van der Waals surface area contributed by atoms with Gasteiger partial charge in [-0.1, -0.05) is 0 Å². The second-order valence-electron chi connectivity index (χ2n) is 3.83. The summed E-state index contributed by atoms with van der Waals surface area (Å²) in [6.07, 6.45) is 1.67. The van der Waals surface area contributed by atoms with Crippen LogP contribution in [0.5, 0.6) is 11.5 Å². The molecule has 0 aliphatic rings. The van der Waals surface area contributed by atoms with Crippen molar-refractivity contribution in [2.24, 2.45) is 12.0 Å². The maximum absolute atomic E-state index is 11.9. The first-order valence-corrected chi connectivity index (χ1v) is 5.48. The zero-order valence-electron chi connectivity index (χ0n) is 10.5. The van der Waals surface area contributed by atoms with Gasteiger partial charge in [-0.2, -0.15) is 0 Å². The largest absolute Gasteiger partial charge is 0.504 e. The molecule has 0 radical (unpaired) electrons. The van der Waals surface area contributed by atoms with E-state index in [2.05, 4.69) is 4.99 Å². The standard InChI is InChI=1S/C13H14N2O3/c1-4-14-8-5-6-9-10(7-8)15(2)13(17)12(18-3)11(9)16/h4-7,16H,1-3H3. The van der Waals surface area contributed by atoms with E-state index >= 15 is 0 Å². The average Bonchev–Trinajstić information content (AvgIpc) is 2.37. The van der Waals surface area contributed by atoms with Crippen LogP contribution in [0.1, 0.15) is 6.92 Å². The molecule has 0 atom stereocenters. The third kappa shape index (κ3) is 1.73. The molecule has 2 rings (SSSR count). The summed E-state index contributed by atoms with van der Waals surface area (Å²) in [6, 6.07) is 5.23. The van der Waals surface area contributed by atoms with Crippen molar-refractivity contribution in [3.8, 4) is 11.5 Å². The van der Waals surface area contributed by atoms with Crippen LogP contribution < -0.4 is 10.3 Å². The molecule has 0 bridgehead atoms. The number of nitrogens with zero attached hydrogens (tertiary/aromatic N) is 2. The Morgan fingerprint density at radius 3 is 2.78 bits per heavy atom. The normalized spacial score (nSPS) is 11.3. The van der Waals surface area contributed by atoms with Gasteiger partial charge in [0.1, 0.15) is 0 Å². The second kappa shape index (κ2) is 4.52. The van der Waals surface area contributed by atoms with Crippen molar-refractivity contribution in [2.75, 3.05) is 7.11 Å². The van der Waals surface area contributed by atoms with Gasteiger partial charge in [-0.25, -0.2) is 0 Å². The molecular weight excluding hydrogens is 232 g/mol. The number of methoxy groups -OCH3 is 1. The summed E-state index contributed by atoms with van der Waals surface area (Å²) in [4.78, 5) is 16.1. The lowest BCUT2D eigenvalue weighted by atomic mass is 10.1. The van der Waals surface area contributed by atoms with E-state index in [9.17, 15) is 9.90 Å². The predicted octanol–water partition coefficient (Wildman–Crippen LogP) is 1.97. The Bertz CT molecular complexity index is 687. The molecule has 0 amide bonds. The van der Waals surface area contributed by atoms with Crippen molar-refractivity contribution >= 4 is 22.8 Å². The Labute approximate surface area is 104 Å². The molecule has 0 spiro atoms. The third-order valence-corrected chi connectivity index (χ3v) is 2.79.